The summed E-state index contributed by atoms with van der Waals surface area (Å²) in [6.07, 6.45) is 0.420. The lowest BCUT2D eigenvalue weighted by molar-refractivity contribution is -0.139. The van der Waals surface area contributed by atoms with Gasteiger partial charge in [-0.05, 0) is 53.9 Å². The molecule has 6 nitrogen and oxygen atoms in total. The average molecular weight is 540 g/mol. The third kappa shape index (κ3) is 4.93. The molecule has 0 saturated carbocycles. The van der Waals surface area contributed by atoms with Crippen molar-refractivity contribution >= 4 is 33.4 Å². The molecule has 3 aromatic rings. The molecule has 0 aromatic heterocycles. The van der Waals surface area contributed by atoms with Crippen molar-refractivity contribution in [2.75, 3.05) is 20.8 Å². The Labute approximate surface area is 210 Å². The Kier molecular flexibility index (Phi) is 7.21. The predicted molar refractivity (Wildman–Crippen MR) is 133 cm³/mol. The molecule has 0 radical (unpaired) electrons. The van der Waals surface area contributed by atoms with Gasteiger partial charge in [0.1, 0.15) is 11.6 Å². The summed E-state index contributed by atoms with van der Waals surface area (Å²) in [6, 6.07) is 16.9. The summed E-state index contributed by atoms with van der Waals surface area (Å²) in [5, 5.41) is 11.1. The molecule has 0 aliphatic carbocycles. The molecule has 4 rings (SSSR count). The number of Topliss-reactive ketones (excluding diaryl/α,β-unsaturated/α-hetero) is 1. The minimum absolute atomic E-state index is 0.0313. The summed E-state index contributed by atoms with van der Waals surface area (Å²) in [5.74, 6) is -1.09. The molecule has 0 bridgehead atoms. The molecule has 1 unspecified atom stereocenters. The lowest BCUT2D eigenvalue weighted by Crippen LogP contribution is -2.31. The number of ketones is 1. The molecule has 1 aliphatic rings. The number of likely N-dealkylation sites (tertiary alicyclic amines) is 1. The first-order valence-corrected chi connectivity index (χ1v) is 11.6. The van der Waals surface area contributed by atoms with Crippen molar-refractivity contribution in [3.05, 3.63) is 99.3 Å². The molecule has 1 heterocycles. The smallest absolute Gasteiger partial charge is 0.295 e. The third-order valence-electron chi connectivity index (χ3n) is 5.93. The largest absolute Gasteiger partial charge is 0.507 e. The molecule has 1 N–H and O–H groups in total. The van der Waals surface area contributed by atoms with E-state index >= 15 is 0 Å². The number of halogens is 2. The van der Waals surface area contributed by atoms with E-state index in [1.807, 2.05) is 12.1 Å². The van der Waals surface area contributed by atoms with E-state index in [2.05, 4.69) is 15.9 Å². The number of methoxy groups -OCH3 is 2. The predicted octanol–water partition coefficient (Wildman–Crippen LogP) is 5.27. The standard InChI is InChI=1S/C27H23BrFNO5/c1-34-21-12-3-16(15-22(21)35-2)13-14-30-24(17-6-10-20(29)11-7-17)23(26(32)27(30)33)25(31)18-4-8-19(28)9-5-18/h3-12,15,24,31H,13-14H2,1-2H3/b25-23-. The van der Waals surface area contributed by atoms with Crippen LogP contribution in [0.2, 0.25) is 0 Å². The van der Waals surface area contributed by atoms with Crippen molar-refractivity contribution in [3.63, 3.8) is 0 Å². The monoisotopic (exact) mass is 539 g/mol. The average Bonchev–Trinajstić information content (AvgIpc) is 3.12. The number of hydrogen-bond acceptors (Lipinski definition) is 5. The zero-order valence-corrected chi connectivity index (χ0v) is 20.7. The van der Waals surface area contributed by atoms with E-state index in [0.29, 0.717) is 29.0 Å². The molecule has 35 heavy (non-hydrogen) atoms. The highest BCUT2D eigenvalue weighted by atomic mass is 79.9. The van der Waals surface area contributed by atoms with Crippen LogP contribution in [-0.2, 0) is 16.0 Å². The Bertz CT molecular complexity index is 1290. The minimum atomic E-state index is -0.862. The molecule has 1 aliphatic heterocycles. The highest BCUT2D eigenvalue weighted by Crippen LogP contribution is 2.40. The number of carbonyl (C=O) groups is 2. The van der Waals surface area contributed by atoms with E-state index in [1.54, 1.807) is 37.4 Å². The Balaban J connectivity index is 1.73. The van der Waals surface area contributed by atoms with Crippen molar-refractivity contribution in [2.45, 2.75) is 12.5 Å². The van der Waals surface area contributed by atoms with Crippen LogP contribution in [-0.4, -0.2) is 42.5 Å². The van der Waals surface area contributed by atoms with Gasteiger partial charge in [-0.1, -0.05) is 46.3 Å². The summed E-state index contributed by atoms with van der Waals surface area (Å²) in [6.45, 7) is 0.194. The first-order valence-electron chi connectivity index (χ1n) is 10.8. The fraction of sp³-hybridized carbons (Fsp3) is 0.185. The molecule has 1 saturated heterocycles. The molecule has 1 atom stereocenters. The second-order valence-corrected chi connectivity index (χ2v) is 8.91. The lowest BCUT2D eigenvalue weighted by Gasteiger charge is -2.25. The van der Waals surface area contributed by atoms with Gasteiger partial charge in [0.05, 0.1) is 25.8 Å². The molecule has 180 valence electrons. The normalized spacial score (nSPS) is 17.0. The number of aliphatic hydroxyl groups is 1. The van der Waals surface area contributed by atoms with E-state index in [4.69, 9.17) is 9.47 Å². The van der Waals surface area contributed by atoms with Crippen LogP contribution >= 0.6 is 15.9 Å². The van der Waals surface area contributed by atoms with Gasteiger partial charge in [0.15, 0.2) is 11.5 Å². The van der Waals surface area contributed by atoms with E-state index in [9.17, 15) is 19.1 Å². The van der Waals surface area contributed by atoms with Crippen LogP contribution in [0, 0.1) is 5.82 Å². The first-order chi connectivity index (χ1) is 16.8. The molecular formula is C27H23BrFNO5. The molecule has 1 fully saturated rings. The molecule has 1 amide bonds. The fourth-order valence-electron chi connectivity index (χ4n) is 4.15. The van der Waals surface area contributed by atoms with Gasteiger partial charge in [-0.2, -0.15) is 0 Å². The van der Waals surface area contributed by atoms with Gasteiger partial charge < -0.3 is 19.5 Å². The zero-order valence-electron chi connectivity index (χ0n) is 19.1. The van der Waals surface area contributed by atoms with Crippen LogP contribution in [0.1, 0.15) is 22.7 Å². The van der Waals surface area contributed by atoms with Crippen molar-refractivity contribution in [1.82, 2.24) is 4.90 Å². The van der Waals surface area contributed by atoms with Crippen LogP contribution in [0.25, 0.3) is 5.76 Å². The molecular weight excluding hydrogens is 517 g/mol. The van der Waals surface area contributed by atoms with Gasteiger partial charge in [0, 0.05) is 16.6 Å². The summed E-state index contributed by atoms with van der Waals surface area (Å²) in [4.78, 5) is 27.6. The number of benzene rings is 3. The highest BCUT2D eigenvalue weighted by Gasteiger charge is 2.45. The maximum absolute atomic E-state index is 13.6. The van der Waals surface area contributed by atoms with Gasteiger partial charge in [-0.25, -0.2) is 4.39 Å². The van der Waals surface area contributed by atoms with Crippen LogP contribution < -0.4 is 9.47 Å². The number of aliphatic hydroxyl groups excluding tert-OH is 1. The Morgan fingerprint density at radius 2 is 1.63 bits per heavy atom. The van der Waals surface area contributed by atoms with Crippen molar-refractivity contribution in [2.24, 2.45) is 0 Å². The summed E-state index contributed by atoms with van der Waals surface area (Å²) in [7, 11) is 3.09. The number of ether oxygens (including phenoxy) is 2. The number of rotatable bonds is 7. The van der Waals surface area contributed by atoms with Crippen LogP contribution in [0.5, 0.6) is 11.5 Å². The third-order valence-corrected chi connectivity index (χ3v) is 6.46. The van der Waals surface area contributed by atoms with Gasteiger partial charge in [0.2, 0.25) is 0 Å². The van der Waals surface area contributed by atoms with E-state index in [-0.39, 0.29) is 17.9 Å². The summed E-state index contributed by atoms with van der Waals surface area (Å²) < 4.78 is 25.1. The second kappa shape index (κ2) is 10.3. The van der Waals surface area contributed by atoms with Crippen molar-refractivity contribution in [1.29, 1.82) is 0 Å². The quantitative estimate of drug-likeness (QED) is 0.251. The number of hydrogen-bond donors (Lipinski definition) is 1. The molecule has 8 heteroatoms. The maximum atomic E-state index is 13.6. The fourth-order valence-corrected chi connectivity index (χ4v) is 4.42. The van der Waals surface area contributed by atoms with Gasteiger partial charge in [0.25, 0.3) is 11.7 Å². The van der Waals surface area contributed by atoms with Crippen LogP contribution in [0.3, 0.4) is 0 Å². The van der Waals surface area contributed by atoms with Gasteiger partial charge in [-0.3, -0.25) is 9.59 Å². The van der Waals surface area contributed by atoms with Gasteiger partial charge in [-0.15, -0.1) is 0 Å². The molecule has 3 aromatic carbocycles. The van der Waals surface area contributed by atoms with E-state index < -0.39 is 23.5 Å². The highest BCUT2D eigenvalue weighted by molar-refractivity contribution is 9.10. The number of amides is 1. The SMILES string of the molecule is COc1ccc(CCN2C(=O)C(=O)/C(=C(\O)c3ccc(Br)cc3)C2c2ccc(F)cc2)cc1OC. The van der Waals surface area contributed by atoms with E-state index in [1.165, 1.54) is 36.3 Å². The van der Waals surface area contributed by atoms with Gasteiger partial charge >= 0.3 is 0 Å². The zero-order chi connectivity index (χ0) is 25.1. The van der Waals surface area contributed by atoms with Crippen LogP contribution in [0.15, 0.2) is 76.8 Å². The Hall–Kier alpha value is -3.65. The number of carbonyl (C=O) groups excluding carboxylic acids is 2. The Morgan fingerprint density at radius 3 is 2.26 bits per heavy atom. The first kappa shape index (κ1) is 24.5. The summed E-state index contributed by atoms with van der Waals surface area (Å²) in [5.41, 5.74) is 1.77. The Morgan fingerprint density at radius 1 is 0.971 bits per heavy atom. The lowest BCUT2D eigenvalue weighted by atomic mass is 9.95. The molecule has 0 spiro atoms. The van der Waals surface area contributed by atoms with E-state index in [0.717, 1.165) is 10.0 Å². The van der Waals surface area contributed by atoms with Crippen molar-refractivity contribution < 1.29 is 28.6 Å². The number of nitrogens with zero attached hydrogens (tertiary/aromatic N) is 1. The van der Waals surface area contributed by atoms with Crippen LogP contribution in [0.4, 0.5) is 4.39 Å². The maximum Gasteiger partial charge on any atom is 0.295 e. The second-order valence-electron chi connectivity index (χ2n) is 7.99. The van der Waals surface area contributed by atoms with Crippen molar-refractivity contribution in [3.8, 4) is 11.5 Å². The topological polar surface area (TPSA) is 76.1 Å². The minimum Gasteiger partial charge on any atom is -0.507 e. The summed E-state index contributed by atoms with van der Waals surface area (Å²) >= 11 is 3.35.